The van der Waals surface area contributed by atoms with Crippen LogP contribution in [0.4, 0.5) is 0 Å². The minimum atomic E-state index is -0.343. The molecule has 5 aromatic carbocycles. The summed E-state index contributed by atoms with van der Waals surface area (Å²) in [5.74, 6) is 0. The lowest BCUT2D eigenvalue weighted by atomic mass is 9.72. The van der Waals surface area contributed by atoms with Crippen molar-refractivity contribution in [2.45, 2.75) is 51.9 Å². The molecule has 0 aliphatic carbocycles. The number of benzene rings is 5. The summed E-state index contributed by atoms with van der Waals surface area (Å²) in [6.07, 6.45) is 3.00. The first-order valence-corrected chi connectivity index (χ1v) is 17.4. The van der Waals surface area contributed by atoms with Gasteiger partial charge in [-0.3, -0.25) is 0 Å². The molecule has 3 heterocycles. The summed E-state index contributed by atoms with van der Waals surface area (Å²) in [7, 11) is 4.41. The van der Waals surface area contributed by atoms with Crippen molar-refractivity contribution in [3.8, 4) is 0 Å². The molecule has 49 heavy (non-hydrogen) atoms. The maximum Gasteiger partial charge on any atom is 0.192 e. The van der Waals surface area contributed by atoms with Crippen LogP contribution >= 0.6 is 0 Å². The van der Waals surface area contributed by atoms with Crippen molar-refractivity contribution in [1.82, 2.24) is 0 Å². The normalized spacial score (nSPS) is 13.4. The number of fused-ring (bicyclic) bond motifs is 7. The maximum absolute atomic E-state index is 6.78. The van der Waals surface area contributed by atoms with Gasteiger partial charge in [-0.1, -0.05) is 72.8 Å². The van der Waals surface area contributed by atoms with Gasteiger partial charge in [-0.05, 0) is 97.3 Å². The number of pyridine rings is 2. The fraction of sp³-hybridized carbons (Fsp3) is 0.217. The molecule has 0 spiro atoms. The number of furan rings is 1. The average Bonchev–Trinajstić information content (AvgIpc) is 3.46. The Hall–Kier alpha value is -5.28. The molecule has 8 aromatic rings. The van der Waals surface area contributed by atoms with Crippen LogP contribution in [-0.2, 0) is 31.3 Å². The predicted molar refractivity (Wildman–Crippen MR) is 202 cm³/mol. The minimum Gasteiger partial charge on any atom is -0.455 e. The topological polar surface area (TPSA) is 20.9 Å². The highest BCUT2D eigenvalue weighted by Gasteiger charge is 2.41. The molecule has 3 heteroatoms. The Morgan fingerprint density at radius 1 is 0.592 bits per heavy atom. The molecule has 0 radical (unpaired) electrons. The second-order valence-corrected chi connectivity index (χ2v) is 14.7. The van der Waals surface area contributed by atoms with Gasteiger partial charge in [0.25, 0.3) is 0 Å². The fourth-order valence-corrected chi connectivity index (χ4v) is 8.69. The number of aryl methyl sites for hydroxylation is 3. The van der Waals surface area contributed by atoms with Gasteiger partial charge in [-0.25, -0.2) is 9.13 Å². The number of rotatable bonds is 6. The molecule has 1 atom stereocenters. The quantitative estimate of drug-likeness (QED) is 0.131. The highest BCUT2D eigenvalue weighted by Crippen LogP contribution is 2.42. The van der Waals surface area contributed by atoms with Crippen LogP contribution in [0.25, 0.3) is 43.5 Å². The van der Waals surface area contributed by atoms with Crippen LogP contribution in [0.1, 0.15) is 60.1 Å². The van der Waals surface area contributed by atoms with Gasteiger partial charge in [0.1, 0.15) is 25.3 Å². The van der Waals surface area contributed by atoms with Gasteiger partial charge in [-0.2, -0.15) is 0 Å². The minimum absolute atomic E-state index is 0.165. The molecule has 0 saturated heterocycles. The number of nitrogens with zero attached hydrogens (tertiary/aromatic N) is 2. The van der Waals surface area contributed by atoms with E-state index in [1.54, 1.807) is 0 Å². The lowest BCUT2D eigenvalue weighted by Crippen LogP contribution is -2.49. The first-order valence-electron chi connectivity index (χ1n) is 17.4. The Morgan fingerprint density at radius 3 is 2.12 bits per heavy atom. The second-order valence-electron chi connectivity index (χ2n) is 14.7. The van der Waals surface area contributed by atoms with Crippen molar-refractivity contribution in [2.24, 2.45) is 14.1 Å². The van der Waals surface area contributed by atoms with Crippen LogP contribution in [0.2, 0.25) is 0 Å². The fourth-order valence-electron chi connectivity index (χ4n) is 8.69. The zero-order valence-corrected chi connectivity index (χ0v) is 29.6. The average molecular weight is 641 g/mol. The standard InChI is InChI=1S/C46H44N2O/c1-30-15-8-11-19-38(30)45(3,4)41-21-14-17-34(48(41)7)29-46(5,42-20-12-13-26-47(42)6)39-28-37-36-25-24-33-23-22-32-16-9-10-18-35(32)43(33)44(36)49-40(37)27-31(39)2/h8-28H,29H2,1-7H3/q+2. The van der Waals surface area contributed by atoms with Gasteiger partial charge in [0.05, 0.1) is 17.3 Å². The van der Waals surface area contributed by atoms with Crippen molar-refractivity contribution >= 4 is 43.5 Å². The summed E-state index contributed by atoms with van der Waals surface area (Å²) in [6, 6.07) is 44.4. The molecule has 3 aromatic heterocycles. The third-order valence-electron chi connectivity index (χ3n) is 11.2. The first-order chi connectivity index (χ1) is 23.6. The van der Waals surface area contributed by atoms with Crippen molar-refractivity contribution < 1.29 is 13.6 Å². The Labute approximate surface area is 289 Å². The lowest BCUT2D eigenvalue weighted by molar-refractivity contribution is -0.692. The van der Waals surface area contributed by atoms with Gasteiger partial charge in [0.15, 0.2) is 23.3 Å². The van der Waals surface area contributed by atoms with E-state index in [1.165, 1.54) is 60.9 Å². The summed E-state index contributed by atoms with van der Waals surface area (Å²) >= 11 is 0. The van der Waals surface area contributed by atoms with Gasteiger partial charge in [0.2, 0.25) is 0 Å². The molecule has 0 saturated carbocycles. The molecular weight excluding hydrogens is 597 g/mol. The summed E-state index contributed by atoms with van der Waals surface area (Å²) in [6.45, 7) is 11.6. The van der Waals surface area contributed by atoms with Crippen LogP contribution in [0, 0.1) is 13.8 Å². The van der Waals surface area contributed by atoms with E-state index in [4.69, 9.17) is 4.42 Å². The van der Waals surface area contributed by atoms with Gasteiger partial charge >= 0.3 is 0 Å². The van der Waals surface area contributed by atoms with Crippen molar-refractivity contribution in [3.05, 3.63) is 167 Å². The monoisotopic (exact) mass is 640 g/mol. The van der Waals surface area contributed by atoms with E-state index in [-0.39, 0.29) is 10.8 Å². The molecule has 242 valence electrons. The highest BCUT2D eigenvalue weighted by molar-refractivity contribution is 6.23. The van der Waals surface area contributed by atoms with E-state index in [1.807, 2.05) is 0 Å². The Kier molecular flexibility index (Phi) is 7.22. The Bertz CT molecular complexity index is 2570. The Morgan fingerprint density at radius 2 is 1.31 bits per heavy atom. The molecule has 0 bridgehead atoms. The molecule has 0 N–H and O–H groups in total. The molecule has 1 unspecified atom stereocenters. The second kappa shape index (κ2) is 11.4. The van der Waals surface area contributed by atoms with E-state index in [0.29, 0.717) is 0 Å². The van der Waals surface area contributed by atoms with Crippen molar-refractivity contribution in [2.75, 3.05) is 0 Å². The van der Waals surface area contributed by atoms with E-state index in [0.717, 1.165) is 28.4 Å². The molecular formula is C46H44N2O+2. The SMILES string of the molecule is Cc1ccccc1C(C)(C)c1cccc(CC(C)(c2cc3c(cc2C)oc2c3ccc3ccc4ccccc4c32)c2cccc[n+]2C)[n+]1C. The van der Waals surface area contributed by atoms with E-state index in [9.17, 15) is 0 Å². The summed E-state index contributed by atoms with van der Waals surface area (Å²) in [4.78, 5) is 0. The molecule has 8 rings (SSSR count). The Balaban J connectivity index is 1.34. The molecule has 0 aliphatic heterocycles. The number of aromatic nitrogens is 2. The van der Waals surface area contributed by atoms with Crippen LogP contribution < -0.4 is 9.13 Å². The van der Waals surface area contributed by atoms with Crippen molar-refractivity contribution in [1.29, 1.82) is 0 Å². The lowest BCUT2D eigenvalue weighted by Gasteiger charge is -2.30. The van der Waals surface area contributed by atoms with Gasteiger partial charge < -0.3 is 4.42 Å². The van der Waals surface area contributed by atoms with Crippen LogP contribution in [0.15, 0.2) is 132 Å². The van der Waals surface area contributed by atoms with Crippen LogP contribution in [0.5, 0.6) is 0 Å². The third kappa shape index (κ3) is 4.86. The zero-order valence-electron chi connectivity index (χ0n) is 29.6. The zero-order chi connectivity index (χ0) is 34.1. The third-order valence-corrected chi connectivity index (χ3v) is 11.2. The van der Waals surface area contributed by atoms with Gasteiger partial charge in [0, 0.05) is 40.4 Å². The number of hydrogen-bond acceptors (Lipinski definition) is 1. The summed E-state index contributed by atoms with van der Waals surface area (Å²) in [5.41, 5.74) is 10.5. The maximum atomic E-state index is 6.78. The molecule has 0 fully saturated rings. The first kappa shape index (κ1) is 31.0. The summed E-state index contributed by atoms with van der Waals surface area (Å²) in [5, 5.41) is 7.16. The highest BCUT2D eigenvalue weighted by atomic mass is 16.3. The van der Waals surface area contributed by atoms with Gasteiger partial charge in [-0.15, -0.1) is 0 Å². The largest absolute Gasteiger partial charge is 0.455 e. The molecule has 3 nitrogen and oxygen atoms in total. The molecule has 0 aliphatic rings. The predicted octanol–water partition coefficient (Wildman–Crippen LogP) is 10.0. The van der Waals surface area contributed by atoms with E-state index < -0.39 is 0 Å². The van der Waals surface area contributed by atoms with Crippen molar-refractivity contribution in [3.63, 3.8) is 0 Å². The smallest absolute Gasteiger partial charge is 0.192 e. The number of hydrogen-bond donors (Lipinski definition) is 0. The molecule has 0 amide bonds. The van der Waals surface area contributed by atoms with Crippen LogP contribution in [-0.4, -0.2) is 0 Å². The van der Waals surface area contributed by atoms with Crippen LogP contribution in [0.3, 0.4) is 0 Å². The van der Waals surface area contributed by atoms with E-state index in [2.05, 4.69) is 185 Å². The summed E-state index contributed by atoms with van der Waals surface area (Å²) < 4.78 is 11.5. The van der Waals surface area contributed by atoms with E-state index >= 15 is 0 Å².